The Kier molecular flexibility index (Phi) is 4.91. The molecule has 6 heteroatoms. The third-order valence-electron chi connectivity index (χ3n) is 1.73. The molecule has 0 saturated heterocycles. The van der Waals surface area contributed by atoms with Crippen LogP contribution in [0.1, 0.15) is 20.8 Å². The number of aliphatic hydroxyl groups is 1. The van der Waals surface area contributed by atoms with Gasteiger partial charge < -0.3 is 14.6 Å². The normalized spacial score (nSPS) is 10.9. The van der Waals surface area contributed by atoms with Crippen molar-refractivity contribution < 1.29 is 19.4 Å². The summed E-state index contributed by atoms with van der Waals surface area (Å²) in [6.07, 6.45) is 0.904. The first-order valence-electron chi connectivity index (χ1n) is 5.60. The van der Waals surface area contributed by atoms with Crippen LogP contribution in [0.25, 0.3) is 0 Å². The summed E-state index contributed by atoms with van der Waals surface area (Å²) in [5.74, 6) is 0.902. The summed E-state index contributed by atoms with van der Waals surface area (Å²) in [7, 11) is 0. The Labute approximate surface area is 106 Å². The molecular weight excluding hydrogens is 236 g/mol. The number of anilines is 1. The lowest BCUT2D eigenvalue weighted by atomic mass is 10.2. The number of amides is 1. The number of hydrogen-bond acceptors (Lipinski definition) is 5. The van der Waals surface area contributed by atoms with Gasteiger partial charge in [-0.3, -0.25) is 5.32 Å². The summed E-state index contributed by atoms with van der Waals surface area (Å²) >= 11 is 0. The topological polar surface area (TPSA) is 80.7 Å². The van der Waals surface area contributed by atoms with Gasteiger partial charge in [0.05, 0.1) is 12.8 Å². The highest BCUT2D eigenvalue weighted by Crippen LogP contribution is 2.13. The van der Waals surface area contributed by atoms with Crippen molar-refractivity contribution in [2.45, 2.75) is 26.4 Å². The monoisotopic (exact) mass is 254 g/mol. The Morgan fingerprint density at radius 3 is 2.67 bits per heavy atom. The van der Waals surface area contributed by atoms with Gasteiger partial charge in [0.25, 0.3) is 0 Å². The van der Waals surface area contributed by atoms with Gasteiger partial charge >= 0.3 is 6.09 Å². The van der Waals surface area contributed by atoms with E-state index in [4.69, 9.17) is 14.6 Å². The molecule has 2 N–H and O–H groups in total. The van der Waals surface area contributed by atoms with Crippen LogP contribution in [0.4, 0.5) is 10.6 Å². The van der Waals surface area contributed by atoms with Crippen molar-refractivity contribution in [2.75, 3.05) is 18.5 Å². The molecule has 0 bridgehead atoms. The highest BCUT2D eigenvalue weighted by Gasteiger charge is 2.16. The molecule has 0 fully saturated rings. The van der Waals surface area contributed by atoms with E-state index >= 15 is 0 Å². The van der Waals surface area contributed by atoms with Crippen LogP contribution in [0.3, 0.4) is 0 Å². The van der Waals surface area contributed by atoms with Crippen LogP contribution in [0.2, 0.25) is 0 Å². The second-order valence-electron chi connectivity index (χ2n) is 4.58. The smallest absolute Gasteiger partial charge is 0.413 e. The Balaban J connectivity index is 2.50. The first-order valence-corrected chi connectivity index (χ1v) is 5.60. The Morgan fingerprint density at radius 1 is 1.44 bits per heavy atom. The zero-order chi connectivity index (χ0) is 13.6. The second-order valence-corrected chi connectivity index (χ2v) is 4.58. The van der Waals surface area contributed by atoms with E-state index in [0.29, 0.717) is 11.6 Å². The van der Waals surface area contributed by atoms with E-state index in [0.717, 1.165) is 0 Å². The molecule has 6 nitrogen and oxygen atoms in total. The van der Waals surface area contributed by atoms with E-state index in [1.165, 1.54) is 6.20 Å². The average molecular weight is 254 g/mol. The fourth-order valence-electron chi connectivity index (χ4n) is 1.11. The lowest BCUT2D eigenvalue weighted by molar-refractivity contribution is 0.0635. The summed E-state index contributed by atoms with van der Waals surface area (Å²) in [6, 6.07) is 3.24. The van der Waals surface area contributed by atoms with Crippen molar-refractivity contribution in [2.24, 2.45) is 0 Å². The SMILES string of the molecule is CC(C)(C)OC(=O)Nc1ccc(OCCO)cn1. The Hall–Kier alpha value is -1.82. The van der Waals surface area contributed by atoms with Gasteiger partial charge in [-0.2, -0.15) is 0 Å². The molecule has 0 saturated carbocycles. The quantitative estimate of drug-likeness (QED) is 0.856. The summed E-state index contributed by atoms with van der Waals surface area (Å²) in [5.41, 5.74) is -0.547. The van der Waals surface area contributed by atoms with Crippen LogP contribution < -0.4 is 10.1 Å². The number of aliphatic hydroxyl groups excluding tert-OH is 1. The van der Waals surface area contributed by atoms with Gasteiger partial charge in [-0.05, 0) is 32.9 Å². The minimum atomic E-state index is -0.556. The predicted molar refractivity (Wildman–Crippen MR) is 66.7 cm³/mol. The van der Waals surface area contributed by atoms with Crippen LogP contribution in [0.15, 0.2) is 18.3 Å². The highest BCUT2D eigenvalue weighted by atomic mass is 16.6. The second kappa shape index (κ2) is 6.20. The minimum Gasteiger partial charge on any atom is -0.490 e. The van der Waals surface area contributed by atoms with Gasteiger partial charge in [-0.25, -0.2) is 9.78 Å². The number of nitrogens with one attached hydrogen (secondary N) is 1. The fourth-order valence-corrected chi connectivity index (χ4v) is 1.11. The molecule has 1 aromatic heterocycles. The third-order valence-corrected chi connectivity index (χ3v) is 1.73. The van der Waals surface area contributed by atoms with Gasteiger partial charge in [0, 0.05) is 0 Å². The number of hydrogen-bond donors (Lipinski definition) is 2. The van der Waals surface area contributed by atoms with E-state index < -0.39 is 11.7 Å². The fraction of sp³-hybridized carbons (Fsp3) is 0.500. The minimum absolute atomic E-state index is 0.0576. The van der Waals surface area contributed by atoms with Crippen LogP contribution in [0.5, 0.6) is 5.75 Å². The molecule has 18 heavy (non-hydrogen) atoms. The molecule has 1 heterocycles. The standard InChI is InChI=1S/C12H18N2O4/c1-12(2,3)18-11(16)14-10-5-4-9(8-13-10)17-7-6-15/h4-5,8,15H,6-7H2,1-3H3,(H,13,14,16). The summed E-state index contributed by atoms with van der Waals surface area (Å²) in [6.45, 7) is 5.50. The van der Waals surface area contributed by atoms with Crippen LogP contribution >= 0.6 is 0 Å². The van der Waals surface area contributed by atoms with E-state index in [1.54, 1.807) is 32.9 Å². The maximum Gasteiger partial charge on any atom is 0.413 e. The molecule has 1 amide bonds. The van der Waals surface area contributed by atoms with Crippen LogP contribution in [-0.4, -0.2) is 35.0 Å². The number of carbonyl (C=O) groups excluding carboxylic acids is 1. The molecule has 1 aromatic rings. The average Bonchev–Trinajstić information content (AvgIpc) is 2.25. The Bertz CT molecular complexity index is 384. The van der Waals surface area contributed by atoms with Gasteiger partial charge in [0.15, 0.2) is 0 Å². The number of aromatic nitrogens is 1. The molecule has 1 rings (SSSR count). The molecule has 0 aliphatic carbocycles. The molecule has 0 atom stereocenters. The van der Waals surface area contributed by atoms with Gasteiger partial charge in [-0.1, -0.05) is 0 Å². The molecular formula is C12H18N2O4. The molecule has 0 spiro atoms. The van der Waals surface area contributed by atoms with E-state index in [-0.39, 0.29) is 13.2 Å². The van der Waals surface area contributed by atoms with E-state index in [2.05, 4.69) is 10.3 Å². The number of pyridine rings is 1. The zero-order valence-electron chi connectivity index (χ0n) is 10.8. The molecule has 0 radical (unpaired) electrons. The lowest BCUT2D eigenvalue weighted by Gasteiger charge is -2.19. The number of nitrogens with zero attached hydrogens (tertiary/aromatic N) is 1. The van der Waals surface area contributed by atoms with Crippen molar-refractivity contribution in [3.8, 4) is 5.75 Å². The maximum atomic E-state index is 11.4. The van der Waals surface area contributed by atoms with Crippen molar-refractivity contribution in [1.29, 1.82) is 0 Å². The summed E-state index contributed by atoms with van der Waals surface area (Å²) in [4.78, 5) is 15.4. The van der Waals surface area contributed by atoms with Crippen molar-refractivity contribution in [3.05, 3.63) is 18.3 Å². The van der Waals surface area contributed by atoms with Gasteiger partial charge in [-0.15, -0.1) is 0 Å². The first kappa shape index (κ1) is 14.2. The Morgan fingerprint density at radius 2 is 2.17 bits per heavy atom. The van der Waals surface area contributed by atoms with Gasteiger partial charge in [0.2, 0.25) is 0 Å². The van der Waals surface area contributed by atoms with Crippen molar-refractivity contribution >= 4 is 11.9 Å². The maximum absolute atomic E-state index is 11.4. The molecule has 0 aliphatic heterocycles. The van der Waals surface area contributed by atoms with Gasteiger partial charge in [0.1, 0.15) is 23.8 Å². The van der Waals surface area contributed by atoms with Crippen LogP contribution in [-0.2, 0) is 4.74 Å². The first-order chi connectivity index (χ1) is 8.40. The third kappa shape index (κ3) is 5.49. The summed E-state index contributed by atoms with van der Waals surface area (Å²) in [5, 5.41) is 11.1. The molecule has 0 aliphatic rings. The molecule has 100 valence electrons. The summed E-state index contributed by atoms with van der Waals surface area (Å²) < 4.78 is 10.2. The van der Waals surface area contributed by atoms with Crippen molar-refractivity contribution in [3.63, 3.8) is 0 Å². The highest BCUT2D eigenvalue weighted by molar-refractivity contribution is 5.83. The predicted octanol–water partition coefficient (Wildman–Crippen LogP) is 1.80. The van der Waals surface area contributed by atoms with Crippen molar-refractivity contribution in [1.82, 2.24) is 4.98 Å². The zero-order valence-corrected chi connectivity index (χ0v) is 10.8. The largest absolute Gasteiger partial charge is 0.490 e. The molecule has 0 aromatic carbocycles. The molecule has 0 unspecified atom stereocenters. The van der Waals surface area contributed by atoms with E-state index in [9.17, 15) is 4.79 Å². The van der Waals surface area contributed by atoms with Crippen LogP contribution in [0, 0.1) is 0 Å². The lowest BCUT2D eigenvalue weighted by Crippen LogP contribution is -2.27. The number of carbonyl (C=O) groups is 1. The van der Waals surface area contributed by atoms with E-state index in [1.807, 2.05) is 0 Å². The number of rotatable bonds is 4. The number of ether oxygens (including phenoxy) is 2.